The summed E-state index contributed by atoms with van der Waals surface area (Å²) in [4.78, 5) is 0. The quantitative estimate of drug-likeness (QED) is 0.0927. The standard InChI is InChI=1S/C26H43Br3O8/c27-6-9-34-21-26(22-35-10-7-28,23-36-11-8-29)24-37-19-17-32-15-13-30-12-14-31-16-18-33-20-25-4-2-1-3-5-25/h1-5H,6-24H2. The van der Waals surface area contributed by atoms with Crippen LogP contribution in [0.2, 0.25) is 0 Å². The van der Waals surface area contributed by atoms with Crippen molar-refractivity contribution < 1.29 is 37.9 Å². The number of alkyl halides is 3. The highest BCUT2D eigenvalue weighted by Gasteiger charge is 2.32. The third-order valence-electron chi connectivity index (χ3n) is 4.90. The number of rotatable bonds is 28. The van der Waals surface area contributed by atoms with Crippen LogP contribution < -0.4 is 0 Å². The maximum Gasteiger partial charge on any atom is 0.0718 e. The molecule has 0 atom stereocenters. The van der Waals surface area contributed by atoms with Gasteiger partial charge in [0.2, 0.25) is 0 Å². The van der Waals surface area contributed by atoms with Crippen LogP contribution in [0.25, 0.3) is 0 Å². The second-order valence-corrected chi connectivity index (χ2v) is 10.5. The Hall–Kier alpha value is 0.340. The molecular formula is C26H43Br3O8. The Morgan fingerprint density at radius 1 is 0.432 bits per heavy atom. The zero-order valence-electron chi connectivity index (χ0n) is 21.7. The van der Waals surface area contributed by atoms with E-state index in [1.54, 1.807) is 0 Å². The van der Waals surface area contributed by atoms with Crippen LogP contribution in [0.1, 0.15) is 5.56 Å². The van der Waals surface area contributed by atoms with Crippen molar-refractivity contribution in [3.63, 3.8) is 0 Å². The van der Waals surface area contributed by atoms with Crippen molar-refractivity contribution in [1.29, 1.82) is 0 Å². The molecule has 216 valence electrons. The fraction of sp³-hybridized carbons (Fsp3) is 0.769. The topological polar surface area (TPSA) is 73.8 Å². The van der Waals surface area contributed by atoms with Crippen molar-refractivity contribution in [2.45, 2.75) is 6.61 Å². The molecule has 0 saturated heterocycles. The van der Waals surface area contributed by atoms with E-state index in [4.69, 9.17) is 37.9 Å². The molecule has 0 spiro atoms. The smallest absolute Gasteiger partial charge is 0.0718 e. The molecule has 0 unspecified atom stereocenters. The van der Waals surface area contributed by atoms with Gasteiger partial charge in [-0.25, -0.2) is 0 Å². The highest BCUT2D eigenvalue weighted by Crippen LogP contribution is 2.21. The van der Waals surface area contributed by atoms with Crippen molar-refractivity contribution >= 4 is 47.8 Å². The fourth-order valence-corrected chi connectivity index (χ4v) is 3.80. The molecule has 8 nitrogen and oxygen atoms in total. The summed E-state index contributed by atoms with van der Waals surface area (Å²) < 4.78 is 45.7. The van der Waals surface area contributed by atoms with Crippen molar-refractivity contribution in [3.05, 3.63) is 35.9 Å². The second kappa shape index (κ2) is 26.6. The maximum atomic E-state index is 5.94. The molecule has 0 aromatic heterocycles. The van der Waals surface area contributed by atoms with Crippen LogP contribution in [0.4, 0.5) is 0 Å². The van der Waals surface area contributed by atoms with Gasteiger partial charge in [-0.2, -0.15) is 0 Å². The Balaban J connectivity index is 2.07. The van der Waals surface area contributed by atoms with Crippen molar-refractivity contribution in [2.75, 3.05) is 115 Å². The van der Waals surface area contributed by atoms with Gasteiger partial charge < -0.3 is 37.9 Å². The Bertz CT molecular complexity index is 574. The van der Waals surface area contributed by atoms with Gasteiger partial charge in [0.1, 0.15) is 0 Å². The fourth-order valence-electron chi connectivity index (χ4n) is 3.11. The van der Waals surface area contributed by atoms with E-state index < -0.39 is 0 Å². The first kappa shape index (κ1) is 35.4. The number of hydrogen-bond acceptors (Lipinski definition) is 8. The predicted molar refractivity (Wildman–Crippen MR) is 156 cm³/mol. The first-order valence-electron chi connectivity index (χ1n) is 12.6. The van der Waals surface area contributed by atoms with Crippen molar-refractivity contribution in [2.24, 2.45) is 5.41 Å². The summed E-state index contributed by atoms with van der Waals surface area (Å²) in [6.07, 6.45) is 0. The SMILES string of the molecule is BrCCOCC(COCCBr)(COCCBr)COCCOCCOCCOCCOCc1ccccc1. The molecule has 1 aromatic rings. The van der Waals surface area contributed by atoms with Crippen LogP contribution in [-0.4, -0.2) is 115 Å². The molecule has 1 aromatic carbocycles. The van der Waals surface area contributed by atoms with Crippen LogP contribution in [0.3, 0.4) is 0 Å². The molecule has 0 aliphatic carbocycles. The number of hydrogen-bond donors (Lipinski definition) is 0. The molecule has 37 heavy (non-hydrogen) atoms. The summed E-state index contributed by atoms with van der Waals surface area (Å²) in [6.45, 7) is 8.58. The molecule has 0 saturated carbocycles. The molecule has 0 aliphatic rings. The van der Waals surface area contributed by atoms with Gasteiger partial charge in [-0.1, -0.05) is 78.1 Å². The van der Waals surface area contributed by atoms with Gasteiger partial charge >= 0.3 is 0 Å². The first-order valence-corrected chi connectivity index (χ1v) is 16.0. The predicted octanol–water partition coefficient (Wildman–Crippen LogP) is 4.49. The van der Waals surface area contributed by atoms with Crippen molar-refractivity contribution in [1.82, 2.24) is 0 Å². The zero-order chi connectivity index (χ0) is 26.7. The minimum absolute atomic E-state index is 0.373. The molecular weight excluding hydrogens is 680 g/mol. The lowest BCUT2D eigenvalue weighted by Gasteiger charge is -2.33. The highest BCUT2D eigenvalue weighted by molar-refractivity contribution is 9.09. The third-order valence-corrected chi connectivity index (χ3v) is 5.87. The molecule has 0 heterocycles. The molecule has 0 N–H and O–H groups in total. The van der Waals surface area contributed by atoms with Gasteiger partial charge in [0.15, 0.2) is 0 Å². The molecule has 0 fully saturated rings. The van der Waals surface area contributed by atoms with Crippen LogP contribution in [0.5, 0.6) is 0 Å². The molecule has 11 heteroatoms. The van der Waals surface area contributed by atoms with Crippen LogP contribution in [0.15, 0.2) is 30.3 Å². The van der Waals surface area contributed by atoms with Crippen LogP contribution in [-0.2, 0) is 44.5 Å². The first-order chi connectivity index (χ1) is 18.3. The van der Waals surface area contributed by atoms with Gasteiger partial charge in [0.05, 0.1) is 111 Å². The van der Waals surface area contributed by atoms with Gasteiger partial charge in [0.25, 0.3) is 0 Å². The summed E-state index contributed by atoms with van der Waals surface area (Å²) in [5.74, 6) is 0. The number of benzene rings is 1. The lowest BCUT2D eigenvalue weighted by molar-refractivity contribution is -0.107. The van der Waals surface area contributed by atoms with E-state index in [9.17, 15) is 0 Å². The molecule has 0 aliphatic heterocycles. The van der Waals surface area contributed by atoms with Crippen LogP contribution >= 0.6 is 47.8 Å². The molecule has 1 rings (SSSR count). The Labute approximate surface area is 247 Å². The Morgan fingerprint density at radius 3 is 1.19 bits per heavy atom. The Kier molecular flexibility index (Phi) is 25.4. The van der Waals surface area contributed by atoms with E-state index in [-0.39, 0.29) is 5.41 Å². The lowest BCUT2D eigenvalue weighted by atomic mass is 9.92. The minimum Gasteiger partial charge on any atom is -0.380 e. The average Bonchev–Trinajstić information content (AvgIpc) is 2.92. The largest absolute Gasteiger partial charge is 0.380 e. The molecule has 0 amide bonds. The van der Waals surface area contributed by atoms with E-state index >= 15 is 0 Å². The van der Waals surface area contributed by atoms with E-state index in [2.05, 4.69) is 47.8 Å². The van der Waals surface area contributed by atoms with Crippen molar-refractivity contribution in [3.8, 4) is 0 Å². The lowest BCUT2D eigenvalue weighted by Crippen LogP contribution is -2.42. The summed E-state index contributed by atoms with van der Waals surface area (Å²) in [5, 5.41) is 2.33. The minimum atomic E-state index is -0.373. The maximum absolute atomic E-state index is 5.94. The molecule has 0 radical (unpaired) electrons. The monoisotopic (exact) mass is 720 g/mol. The van der Waals surface area contributed by atoms with E-state index in [1.807, 2.05) is 30.3 Å². The number of halogens is 3. The van der Waals surface area contributed by atoms with E-state index in [0.717, 1.165) is 21.6 Å². The normalized spacial score (nSPS) is 11.9. The van der Waals surface area contributed by atoms with E-state index in [0.29, 0.717) is 106 Å². The highest BCUT2D eigenvalue weighted by atomic mass is 79.9. The average molecular weight is 723 g/mol. The molecule has 0 bridgehead atoms. The summed E-state index contributed by atoms with van der Waals surface area (Å²) in [5.41, 5.74) is 0.788. The summed E-state index contributed by atoms with van der Waals surface area (Å²) >= 11 is 10.2. The Morgan fingerprint density at radius 2 is 0.784 bits per heavy atom. The zero-order valence-corrected chi connectivity index (χ0v) is 26.5. The van der Waals surface area contributed by atoms with Gasteiger partial charge in [-0.15, -0.1) is 0 Å². The summed E-state index contributed by atoms with van der Waals surface area (Å²) in [7, 11) is 0. The van der Waals surface area contributed by atoms with Gasteiger partial charge in [-0.3, -0.25) is 0 Å². The van der Waals surface area contributed by atoms with Crippen LogP contribution in [0, 0.1) is 5.41 Å². The van der Waals surface area contributed by atoms with Gasteiger partial charge in [0, 0.05) is 16.0 Å². The number of ether oxygens (including phenoxy) is 8. The van der Waals surface area contributed by atoms with Gasteiger partial charge in [-0.05, 0) is 5.56 Å². The second-order valence-electron chi connectivity index (χ2n) is 8.15. The summed E-state index contributed by atoms with van der Waals surface area (Å²) in [6, 6.07) is 10.1. The van der Waals surface area contributed by atoms with E-state index in [1.165, 1.54) is 0 Å². The third kappa shape index (κ3) is 20.8.